The van der Waals surface area contributed by atoms with E-state index in [2.05, 4.69) is 0 Å². The zero-order valence-electron chi connectivity index (χ0n) is 46.8. The SMILES string of the molecule is CC(C)OC(=O)C(C(C(=O)OC(C)C)N1CCN(C(=O)OC(C)(C)C)CCN(C=O)CCN(C(=O)OC(C)(C)C)CC1C)N1CCN(C(=O)OC(C)(C)C)CCN(C=O)CCN(C(=O)OC(C)(C)C)CC1C. The number of carbonyl (C=O) groups is 8. The van der Waals surface area contributed by atoms with Crippen molar-refractivity contribution in [2.75, 3.05) is 91.6 Å². The molecule has 0 radical (unpaired) electrons. The number of ether oxygens (including phenoxy) is 6. The van der Waals surface area contributed by atoms with Gasteiger partial charge in [-0.25, -0.2) is 19.2 Å². The van der Waals surface area contributed by atoms with Crippen LogP contribution in [0.3, 0.4) is 0 Å². The summed E-state index contributed by atoms with van der Waals surface area (Å²) in [6.45, 7) is 30.7. The second kappa shape index (κ2) is 27.2. The fourth-order valence-corrected chi connectivity index (χ4v) is 7.92. The van der Waals surface area contributed by atoms with Crippen molar-refractivity contribution in [3.8, 4) is 0 Å². The molecular weight excluding hydrogens is 937 g/mol. The molecule has 6 amide bonds. The molecule has 22 heteroatoms. The number of hydrogen-bond acceptors (Lipinski definition) is 16. The normalized spacial score (nSPS) is 20.4. The molecule has 2 saturated heterocycles. The maximum Gasteiger partial charge on any atom is 0.410 e. The Morgan fingerprint density at radius 1 is 0.403 bits per heavy atom. The van der Waals surface area contributed by atoms with Gasteiger partial charge in [0.2, 0.25) is 12.8 Å². The van der Waals surface area contributed by atoms with E-state index in [1.807, 2.05) is 0 Å². The summed E-state index contributed by atoms with van der Waals surface area (Å²) in [5.41, 5.74) is -3.60. The quantitative estimate of drug-likeness (QED) is 0.170. The van der Waals surface area contributed by atoms with Gasteiger partial charge in [0, 0.05) is 104 Å². The Labute approximate surface area is 429 Å². The van der Waals surface area contributed by atoms with E-state index in [9.17, 15) is 28.8 Å². The lowest BCUT2D eigenvalue weighted by atomic mass is 9.99. The van der Waals surface area contributed by atoms with Gasteiger partial charge in [-0.3, -0.25) is 29.0 Å². The van der Waals surface area contributed by atoms with E-state index in [1.165, 1.54) is 29.4 Å². The molecule has 4 atom stereocenters. The summed E-state index contributed by atoms with van der Waals surface area (Å²) in [5, 5.41) is 0. The van der Waals surface area contributed by atoms with Crippen LogP contribution in [0.1, 0.15) is 125 Å². The third-order valence-electron chi connectivity index (χ3n) is 11.1. The highest BCUT2D eigenvalue weighted by molar-refractivity contribution is 5.87. The Balaban J connectivity index is 3.13. The first kappa shape index (κ1) is 63.0. The Morgan fingerprint density at radius 2 is 0.639 bits per heavy atom. The van der Waals surface area contributed by atoms with Gasteiger partial charge in [-0.05, 0) is 125 Å². The molecule has 0 aromatic rings. The molecule has 2 aliphatic heterocycles. The average Bonchev–Trinajstić information content (AvgIpc) is 3.19. The molecule has 72 heavy (non-hydrogen) atoms. The lowest BCUT2D eigenvalue weighted by Crippen LogP contribution is -2.67. The van der Waals surface area contributed by atoms with Crippen LogP contribution in [0.4, 0.5) is 19.2 Å². The molecule has 2 aliphatic rings. The van der Waals surface area contributed by atoms with Crippen molar-refractivity contribution in [2.24, 2.45) is 0 Å². The van der Waals surface area contributed by atoms with Gasteiger partial charge in [-0.15, -0.1) is 0 Å². The summed E-state index contributed by atoms with van der Waals surface area (Å²) >= 11 is 0. The van der Waals surface area contributed by atoms with Crippen LogP contribution < -0.4 is 0 Å². The fourth-order valence-electron chi connectivity index (χ4n) is 7.92. The van der Waals surface area contributed by atoms with Gasteiger partial charge in [0.15, 0.2) is 0 Å². The van der Waals surface area contributed by atoms with E-state index in [4.69, 9.17) is 28.4 Å². The van der Waals surface area contributed by atoms with Crippen LogP contribution in [0, 0.1) is 0 Å². The Morgan fingerprint density at radius 3 is 0.875 bits per heavy atom. The monoisotopic (exact) mass is 1030 g/mol. The minimum absolute atomic E-state index is 0.00386. The van der Waals surface area contributed by atoms with Crippen molar-refractivity contribution in [2.45, 2.75) is 183 Å². The maximum atomic E-state index is 15.3. The summed E-state index contributed by atoms with van der Waals surface area (Å²) < 4.78 is 35.5. The molecule has 2 rings (SSSR count). The van der Waals surface area contributed by atoms with Crippen LogP contribution >= 0.6 is 0 Å². The second-order valence-electron chi connectivity index (χ2n) is 23.1. The minimum Gasteiger partial charge on any atom is -0.462 e. The molecule has 0 aliphatic carbocycles. The van der Waals surface area contributed by atoms with Crippen molar-refractivity contribution in [3.05, 3.63) is 0 Å². The summed E-state index contributed by atoms with van der Waals surface area (Å²) in [6.07, 6.45) is -2.81. The molecule has 0 aromatic carbocycles. The van der Waals surface area contributed by atoms with Gasteiger partial charge in [-0.1, -0.05) is 0 Å². The van der Waals surface area contributed by atoms with Gasteiger partial charge in [-0.2, -0.15) is 0 Å². The molecule has 0 N–H and O–H groups in total. The number of rotatable bonds is 9. The number of amides is 6. The number of nitrogens with zero attached hydrogens (tertiary/aromatic N) is 8. The zero-order chi connectivity index (χ0) is 55.1. The molecule has 0 bridgehead atoms. The maximum absolute atomic E-state index is 15.3. The van der Waals surface area contributed by atoms with Crippen LogP contribution in [-0.2, 0) is 47.6 Å². The lowest BCUT2D eigenvalue weighted by molar-refractivity contribution is -0.171. The van der Waals surface area contributed by atoms with Crippen molar-refractivity contribution in [1.82, 2.24) is 39.2 Å². The van der Waals surface area contributed by atoms with Gasteiger partial charge in [0.05, 0.1) is 12.2 Å². The van der Waals surface area contributed by atoms with Gasteiger partial charge in [0.25, 0.3) is 0 Å². The third-order valence-corrected chi connectivity index (χ3v) is 11.1. The van der Waals surface area contributed by atoms with E-state index >= 15 is 9.59 Å². The van der Waals surface area contributed by atoms with Crippen LogP contribution in [0.25, 0.3) is 0 Å². The predicted octanol–water partition coefficient (Wildman–Crippen LogP) is 4.90. The van der Waals surface area contributed by atoms with E-state index < -0.39 is 95.1 Å². The predicted molar refractivity (Wildman–Crippen MR) is 269 cm³/mol. The topological polar surface area (TPSA) is 218 Å². The molecule has 0 saturated carbocycles. The van der Waals surface area contributed by atoms with E-state index in [-0.39, 0.29) is 91.6 Å². The number of carbonyl (C=O) groups excluding carboxylic acids is 8. The summed E-state index contributed by atoms with van der Waals surface area (Å²) in [6, 6.07) is -4.71. The summed E-state index contributed by atoms with van der Waals surface area (Å²) in [7, 11) is 0. The Bertz CT molecular complexity index is 1680. The van der Waals surface area contributed by atoms with Crippen LogP contribution in [0.15, 0.2) is 0 Å². The first-order valence-corrected chi connectivity index (χ1v) is 25.3. The first-order valence-electron chi connectivity index (χ1n) is 25.3. The lowest BCUT2D eigenvalue weighted by Gasteiger charge is -2.46. The largest absolute Gasteiger partial charge is 0.462 e. The Kier molecular flexibility index (Phi) is 23.8. The molecule has 22 nitrogen and oxygen atoms in total. The molecule has 2 heterocycles. The van der Waals surface area contributed by atoms with Gasteiger partial charge < -0.3 is 57.8 Å². The van der Waals surface area contributed by atoms with E-state index in [0.717, 1.165) is 0 Å². The third kappa shape index (κ3) is 22.3. The second-order valence-corrected chi connectivity index (χ2v) is 23.1. The van der Waals surface area contributed by atoms with Gasteiger partial charge in [0.1, 0.15) is 34.5 Å². The zero-order valence-corrected chi connectivity index (χ0v) is 46.8. The molecule has 414 valence electrons. The van der Waals surface area contributed by atoms with Crippen LogP contribution in [-0.4, -0.2) is 239 Å². The van der Waals surface area contributed by atoms with Gasteiger partial charge >= 0.3 is 36.3 Å². The standard InChI is InChI=1S/C50H90N8O14/c1-35(2)67-41(61)39(57-29-27-53(43(63)69-47(7,8)9)23-19-51(33-59)21-25-55(31-37(57)5)45(65)71-49(13,14)15)40(42(62)68-36(3)4)58-30-28-54(44(64)70-48(10,11)12)24-20-52(34-60)22-26-56(32-38(58)6)46(66)72-50(16,17)18/h33-40H,19-32H2,1-18H3. The van der Waals surface area contributed by atoms with Crippen molar-refractivity contribution < 1.29 is 66.8 Å². The van der Waals surface area contributed by atoms with E-state index in [1.54, 1.807) is 134 Å². The highest BCUT2D eigenvalue weighted by atomic mass is 16.6. The Hall–Kier alpha value is -5.12. The number of hydrogen-bond donors (Lipinski definition) is 0. The average molecular weight is 1030 g/mol. The van der Waals surface area contributed by atoms with Crippen LogP contribution in [0.2, 0.25) is 0 Å². The highest BCUT2D eigenvalue weighted by Gasteiger charge is 2.48. The number of esters is 2. The smallest absolute Gasteiger partial charge is 0.410 e. The molecule has 0 spiro atoms. The molecule has 2 fully saturated rings. The molecule has 4 unspecified atom stereocenters. The van der Waals surface area contributed by atoms with Crippen molar-refractivity contribution in [3.63, 3.8) is 0 Å². The summed E-state index contributed by atoms with van der Waals surface area (Å²) in [4.78, 5) is 124. The molecular formula is C50H90N8O14. The molecule has 0 aromatic heterocycles. The highest BCUT2D eigenvalue weighted by Crippen LogP contribution is 2.26. The van der Waals surface area contributed by atoms with Crippen molar-refractivity contribution >= 4 is 49.1 Å². The van der Waals surface area contributed by atoms with Crippen LogP contribution in [0.5, 0.6) is 0 Å². The first-order chi connectivity index (χ1) is 33.0. The minimum atomic E-state index is -1.55. The fraction of sp³-hybridized carbons (Fsp3) is 0.840. The van der Waals surface area contributed by atoms with Crippen molar-refractivity contribution in [1.29, 1.82) is 0 Å². The summed E-state index contributed by atoms with van der Waals surface area (Å²) in [5.74, 6) is -1.66. The van der Waals surface area contributed by atoms with E-state index in [0.29, 0.717) is 12.8 Å².